The fraction of sp³-hybridized carbons (Fsp3) is 0.263. The van der Waals surface area contributed by atoms with E-state index in [2.05, 4.69) is 15.4 Å². The highest BCUT2D eigenvalue weighted by atomic mass is 32.1. The largest absolute Gasteiger partial charge is 0.325 e. The molecule has 1 aliphatic rings. The van der Waals surface area contributed by atoms with Gasteiger partial charge < -0.3 is 5.32 Å². The second-order valence-corrected chi connectivity index (χ2v) is 7.81. The number of hydrogen-bond acceptors (Lipinski definition) is 7. The smallest absolute Gasteiger partial charge is 0.319 e. The summed E-state index contributed by atoms with van der Waals surface area (Å²) in [6.45, 7) is 3.42. The minimum atomic E-state index is -1.26. The zero-order valence-electron chi connectivity index (χ0n) is 15.7. The highest BCUT2D eigenvalue weighted by molar-refractivity contribution is 7.16. The van der Waals surface area contributed by atoms with Crippen molar-refractivity contribution in [2.75, 3.05) is 0 Å². The molecule has 0 bridgehead atoms. The number of fused-ring (bicyclic) bond motifs is 1. The molecule has 0 radical (unpaired) electrons. The van der Waals surface area contributed by atoms with E-state index in [-0.39, 0.29) is 12.1 Å². The number of amides is 3. The van der Waals surface area contributed by atoms with Crippen LogP contribution >= 0.6 is 11.3 Å². The van der Waals surface area contributed by atoms with Crippen LogP contribution in [0.3, 0.4) is 0 Å². The molecule has 4 rings (SSSR count). The molecule has 1 saturated heterocycles. The average molecular weight is 408 g/mol. The summed E-state index contributed by atoms with van der Waals surface area (Å²) in [5, 5.41) is 16.6. The Hall–Kier alpha value is -3.58. The van der Waals surface area contributed by atoms with Crippen LogP contribution in [0.25, 0.3) is 4.96 Å². The van der Waals surface area contributed by atoms with Crippen LogP contribution in [0.4, 0.5) is 4.79 Å². The Balaban J connectivity index is 1.65. The molecule has 1 unspecified atom stereocenters. The van der Waals surface area contributed by atoms with Gasteiger partial charge in [0.15, 0.2) is 0 Å². The summed E-state index contributed by atoms with van der Waals surface area (Å²) in [5.41, 5.74) is -0.281. The highest BCUT2D eigenvalue weighted by Crippen LogP contribution is 2.29. The van der Waals surface area contributed by atoms with Crippen LogP contribution in [-0.4, -0.2) is 31.4 Å². The quantitative estimate of drug-likeness (QED) is 0.654. The van der Waals surface area contributed by atoms with Gasteiger partial charge in [0.1, 0.15) is 10.5 Å². The summed E-state index contributed by atoms with van der Waals surface area (Å²) < 4.78 is 1.22. The third kappa shape index (κ3) is 3.05. The second kappa shape index (κ2) is 6.79. The van der Waals surface area contributed by atoms with Gasteiger partial charge >= 0.3 is 6.03 Å². The molecular formula is C19H16N6O3S. The summed E-state index contributed by atoms with van der Waals surface area (Å²) in [4.78, 5) is 43.7. The van der Waals surface area contributed by atoms with E-state index in [0.717, 1.165) is 9.91 Å². The van der Waals surface area contributed by atoms with Gasteiger partial charge in [-0.05, 0) is 31.0 Å². The van der Waals surface area contributed by atoms with Crippen LogP contribution < -0.4 is 10.9 Å². The van der Waals surface area contributed by atoms with Crippen LogP contribution in [0.1, 0.15) is 35.7 Å². The molecule has 1 aliphatic heterocycles. The maximum atomic E-state index is 13.1. The highest BCUT2D eigenvalue weighted by Gasteiger charge is 2.49. The molecule has 29 heavy (non-hydrogen) atoms. The first-order valence-corrected chi connectivity index (χ1v) is 9.71. The van der Waals surface area contributed by atoms with E-state index in [4.69, 9.17) is 5.26 Å². The molecule has 1 atom stereocenters. The van der Waals surface area contributed by atoms with Gasteiger partial charge in [-0.2, -0.15) is 14.9 Å². The first kappa shape index (κ1) is 18.8. The van der Waals surface area contributed by atoms with Gasteiger partial charge in [-0.1, -0.05) is 30.4 Å². The molecule has 3 heterocycles. The summed E-state index contributed by atoms with van der Waals surface area (Å²) in [7, 11) is 0. The van der Waals surface area contributed by atoms with E-state index >= 15 is 0 Å². The van der Waals surface area contributed by atoms with Crippen molar-refractivity contribution < 1.29 is 9.59 Å². The number of rotatable bonds is 4. The number of nitrogens with zero attached hydrogens (tertiary/aromatic N) is 5. The van der Waals surface area contributed by atoms with Gasteiger partial charge in [-0.3, -0.25) is 14.5 Å². The fourth-order valence-electron chi connectivity index (χ4n) is 3.20. The van der Waals surface area contributed by atoms with Crippen LogP contribution in [-0.2, 0) is 23.3 Å². The third-order valence-corrected chi connectivity index (χ3v) is 5.88. The molecule has 1 aromatic carbocycles. The lowest BCUT2D eigenvalue weighted by atomic mass is 9.91. The number of nitrogens with one attached hydrogen (secondary N) is 1. The summed E-state index contributed by atoms with van der Waals surface area (Å²) in [6.07, 6.45) is 0.679. The Labute approximate surface area is 169 Å². The second-order valence-electron chi connectivity index (χ2n) is 6.77. The van der Waals surface area contributed by atoms with E-state index in [1.54, 1.807) is 31.2 Å². The van der Waals surface area contributed by atoms with Gasteiger partial charge in [0.25, 0.3) is 11.5 Å². The Kier molecular flexibility index (Phi) is 4.39. The number of carbonyl (C=O) groups is 2. The Bertz CT molecular complexity index is 1240. The molecular weight excluding hydrogens is 392 g/mol. The number of imide groups is 1. The number of nitriles is 1. The van der Waals surface area contributed by atoms with Gasteiger partial charge in [0.2, 0.25) is 4.96 Å². The van der Waals surface area contributed by atoms with Crippen molar-refractivity contribution in [2.45, 2.75) is 32.4 Å². The maximum absolute atomic E-state index is 13.1. The van der Waals surface area contributed by atoms with Gasteiger partial charge in [-0.25, -0.2) is 9.78 Å². The first-order valence-electron chi connectivity index (χ1n) is 8.89. The van der Waals surface area contributed by atoms with Crippen molar-refractivity contribution in [2.24, 2.45) is 0 Å². The lowest BCUT2D eigenvalue weighted by molar-refractivity contribution is -0.131. The number of aryl methyl sites for hydroxylation is 1. The van der Waals surface area contributed by atoms with Gasteiger partial charge in [0, 0.05) is 6.07 Å². The molecule has 2 aromatic heterocycles. The average Bonchev–Trinajstić information content (AvgIpc) is 3.23. The topological polar surface area (TPSA) is 120 Å². The number of urea groups is 1. The number of carbonyl (C=O) groups excluding carboxylic acids is 2. The minimum Gasteiger partial charge on any atom is -0.319 e. The van der Waals surface area contributed by atoms with Crippen molar-refractivity contribution in [3.63, 3.8) is 0 Å². The van der Waals surface area contributed by atoms with Gasteiger partial charge in [0.05, 0.1) is 23.9 Å². The zero-order chi connectivity index (χ0) is 20.8. The lowest BCUT2D eigenvalue weighted by Gasteiger charge is -2.22. The molecule has 0 saturated carbocycles. The van der Waals surface area contributed by atoms with Gasteiger partial charge in [-0.15, -0.1) is 0 Å². The zero-order valence-corrected chi connectivity index (χ0v) is 16.5. The van der Waals surface area contributed by atoms with E-state index in [1.807, 2.05) is 13.0 Å². The summed E-state index contributed by atoms with van der Waals surface area (Å²) >= 11 is 1.30. The van der Waals surface area contributed by atoms with E-state index in [1.165, 1.54) is 21.9 Å². The predicted molar refractivity (Wildman–Crippen MR) is 104 cm³/mol. The van der Waals surface area contributed by atoms with Crippen molar-refractivity contribution in [1.82, 2.24) is 24.8 Å². The molecule has 0 spiro atoms. The molecule has 3 aromatic rings. The fourth-order valence-corrected chi connectivity index (χ4v) is 4.05. The Morgan fingerprint density at radius 2 is 1.97 bits per heavy atom. The number of aromatic nitrogens is 3. The molecule has 1 fully saturated rings. The SMILES string of the molecule is CCc1nn2c(=O)cc(CN3C(=O)NC(C)(c4ccc(C#N)cc4)C3=O)nc2s1. The number of benzene rings is 1. The maximum Gasteiger partial charge on any atom is 0.325 e. The monoisotopic (exact) mass is 408 g/mol. The molecule has 146 valence electrons. The normalized spacial score (nSPS) is 18.9. The summed E-state index contributed by atoms with van der Waals surface area (Å²) in [6, 6.07) is 9.19. The van der Waals surface area contributed by atoms with Crippen molar-refractivity contribution in [3.05, 3.63) is 62.5 Å². The Morgan fingerprint density at radius 3 is 2.62 bits per heavy atom. The first-order chi connectivity index (χ1) is 13.9. The Morgan fingerprint density at radius 1 is 1.24 bits per heavy atom. The number of hydrogen-bond donors (Lipinski definition) is 1. The van der Waals surface area contributed by atoms with Crippen LogP contribution in [0, 0.1) is 11.3 Å². The molecule has 0 aliphatic carbocycles. The molecule has 9 nitrogen and oxygen atoms in total. The molecule has 1 N–H and O–H groups in total. The van der Waals surface area contributed by atoms with Crippen molar-refractivity contribution in [1.29, 1.82) is 5.26 Å². The minimum absolute atomic E-state index is 0.123. The standard InChI is InChI=1S/C19H16N6O3S/c1-3-14-23-25-15(26)8-13(21-18(25)29-14)10-24-16(27)19(2,22-17(24)28)12-6-4-11(9-20)5-7-12/h4-8H,3,10H2,1-2H3,(H,22,28). The van der Waals surface area contributed by atoms with Crippen LogP contribution in [0.2, 0.25) is 0 Å². The van der Waals surface area contributed by atoms with Crippen LogP contribution in [0.5, 0.6) is 0 Å². The van der Waals surface area contributed by atoms with E-state index in [0.29, 0.717) is 28.2 Å². The predicted octanol–water partition coefficient (Wildman–Crippen LogP) is 1.55. The lowest BCUT2D eigenvalue weighted by Crippen LogP contribution is -2.40. The van der Waals surface area contributed by atoms with E-state index in [9.17, 15) is 14.4 Å². The van der Waals surface area contributed by atoms with Crippen molar-refractivity contribution in [3.8, 4) is 6.07 Å². The van der Waals surface area contributed by atoms with Crippen LogP contribution in [0.15, 0.2) is 35.1 Å². The van der Waals surface area contributed by atoms with Crippen molar-refractivity contribution >= 4 is 28.2 Å². The third-order valence-electron chi connectivity index (χ3n) is 4.83. The molecule has 3 amide bonds. The summed E-state index contributed by atoms with van der Waals surface area (Å²) in [5.74, 6) is -0.451. The van der Waals surface area contributed by atoms with E-state index < -0.39 is 17.5 Å². The molecule has 10 heteroatoms.